The van der Waals surface area contributed by atoms with E-state index in [1.807, 2.05) is 30.3 Å². The quantitative estimate of drug-likeness (QED) is 0.697. The molecule has 1 heterocycles. The predicted octanol–water partition coefficient (Wildman–Crippen LogP) is 4.38. The Bertz CT molecular complexity index is 751. The molecule has 1 aliphatic heterocycles. The molecule has 5 heteroatoms. The molecule has 1 fully saturated rings. The number of ether oxygens (including phenoxy) is 2. The Hall–Kier alpha value is -2.24. The summed E-state index contributed by atoms with van der Waals surface area (Å²) in [5, 5.41) is 3.38. The van der Waals surface area contributed by atoms with Crippen molar-refractivity contribution in [1.29, 1.82) is 0 Å². The van der Waals surface area contributed by atoms with E-state index in [1.165, 1.54) is 17.7 Å². The maximum absolute atomic E-state index is 13.4. The van der Waals surface area contributed by atoms with E-state index in [-0.39, 0.29) is 12.4 Å². The topological polar surface area (TPSA) is 30.5 Å². The Labute approximate surface area is 159 Å². The van der Waals surface area contributed by atoms with E-state index in [2.05, 4.69) is 11.4 Å². The van der Waals surface area contributed by atoms with Crippen molar-refractivity contribution in [3.05, 3.63) is 71.0 Å². The van der Waals surface area contributed by atoms with Gasteiger partial charge >= 0.3 is 0 Å². The lowest BCUT2D eigenvalue weighted by atomic mass is 9.89. The minimum atomic E-state index is -0.487. The normalized spacial score (nSPS) is 14.2. The standard InChI is InChI=1S/C22H25F2NO2/c23-10-13-26-14-15-27-21-3-1-2-19(16-21)22(18-8-11-25-12-9-18)17-4-6-20(24)7-5-17/h1-7,16,25H,8-15H2. The van der Waals surface area contributed by atoms with Gasteiger partial charge in [0.05, 0.1) is 13.2 Å². The lowest BCUT2D eigenvalue weighted by molar-refractivity contribution is 0.0897. The van der Waals surface area contributed by atoms with Crippen LogP contribution in [-0.4, -0.2) is 39.6 Å². The van der Waals surface area contributed by atoms with E-state index in [9.17, 15) is 8.78 Å². The third-order valence-electron chi connectivity index (χ3n) is 4.53. The maximum Gasteiger partial charge on any atom is 0.123 e. The number of hydrogen-bond acceptors (Lipinski definition) is 3. The lowest BCUT2D eigenvalue weighted by Gasteiger charge is -2.21. The summed E-state index contributed by atoms with van der Waals surface area (Å²) in [5.41, 5.74) is 4.58. The molecule has 144 valence electrons. The van der Waals surface area contributed by atoms with E-state index >= 15 is 0 Å². The number of halogens is 2. The van der Waals surface area contributed by atoms with Gasteiger partial charge in [-0.05, 0) is 66.9 Å². The second kappa shape index (κ2) is 10.2. The van der Waals surface area contributed by atoms with Crippen LogP contribution in [0.5, 0.6) is 5.75 Å². The first-order valence-corrected chi connectivity index (χ1v) is 9.33. The predicted molar refractivity (Wildman–Crippen MR) is 103 cm³/mol. The Morgan fingerprint density at radius 1 is 0.926 bits per heavy atom. The van der Waals surface area contributed by atoms with Crippen molar-refractivity contribution >= 4 is 5.57 Å². The van der Waals surface area contributed by atoms with Crippen LogP contribution in [0.4, 0.5) is 8.78 Å². The molecule has 1 N–H and O–H groups in total. The van der Waals surface area contributed by atoms with Gasteiger partial charge in [0.15, 0.2) is 0 Å². The van der Waals surface area contributed by atoms with Gasteiger partial charge in [-0.3, -0.25) is 0 Å². The Balaban J connectivity index is 1.84. The molecule has 2 aromatic carbocycles. The summed E-state index contributed by atoms with van der Waals surface area (Å²) >= 11 is 0. The van der Waals surface area contributed by atoms with Crippen LogP contribution in [-0.2, 0) is 4.74 Å². The van der Waals surface area contributed by atoms with Gasteiger partial charge in [0.25, 0.3) is 0 Å². The average molecular weight is 373 g/mol. The highest BCUT2D eigenvalue weighted by atomic mass is 19.1. The van der Waals surface area contributed by atoms with Gasteiger partial charge in [0.1, 0.15) is 24.8 Å². The van der Waals surface area contributed by atoms with Gasteiger partial charge in [-0.15, -0.1) is 0 Å². The van der Waals surface area contributed by atoms with Crippen molar-refractivity contribution in [2.45, 2.75) is 12.8 Å². The van der Waals surface area contributed by atoms with Gasteiger partial charge < -0.3 is 14.8 Å². The highest BCUT2D eigenvalue weighted by molar-refractivity contribution is 5.82. The van der Waals surface area contributed by atoms with Gasteiger partial charge in [0.2, 0.25) is 0 Å². The zero-order valence-electron chi connectivity index (χ0n) is 15.3. The molecule has 3 rings (SSSR count). The zero-order valence-corrected chi connectivity index (χ0v) is 15.3. The number of rotatable bonds is 8. The number of alkyl halides is 1. The molecule has 0 aliphatic carbocycles. The molecule has 0 amide bonds. The fraction of sp³-hybridized carbons (Fsp3) is 0.364. The summed E-state index contributed by atoms with van der Waals surface area (Å²) < 4.78 is 36.3. The molecule has 3 nitrogen and oxygen atoms in total. The third kappa shape index (κ3) is 5.62. The highest BCUT2D eigenvalue weighted by Crippen LogP contribution is 2.32. The van der Waals surface area contributed by atoms with Gasteiger partial charge in [-0.1, -0.05) is 29.8 Å². The molecule has 0 saturated carbocycles. The number of piperidine rings is 1. The number of nitrogens with one attached hydrogen (secondary N) is 1. The van der Waals surface area contributed by atoms with E-state index in [0.29, 0.717) is 13.2 Å². The first-order chi connectivity index (χ1) is 13.3. The number of hydrogen-bond donors (Lipinski definition) is 1. The maximum atomic E-state index is 13.4. The van der Waals surface area contributed by atoms with Crippen LogP contribution in [0, 0.1) is 5.82 Å². The van der Waals surface area contributed by atoms with E-state index in [4.69, 9.17) is 9.47 Å². The van der Waals surface area contributed by atoms with E-state index in [1.54, 1.807) is 0 Å². The lowest BCUT2D eigenvalue weighted by Crippen LogP contribution is -2.23. The monoisotopic (exact) mass is 373 g/mol. The SMILES string of the molecule is FCCOCCOc1cccc(C(=C2CCNCC2)c2ccc(F)cc2)c1. The van der Waals surface area contributed by atoms with Crippen molar-refractivity contribution < 1.29 is 18.3 Å². The van der Waals surface area contributed by atoms with Crippen LogP contribution in [0.15, 0.2) is 54.1 Å². The molecular formula is C22H25F2NO2. The molecular weight excluding hydrogens is 348 g/mol. The fourth-order valence-corrected chi connectivity index (χ4v) is 3.29. The fourth-order valence-electron chi connectivity index (χ4n) is 3.29. The average Bonchev–Trinajstić information content (AvgIpc) is 2.71. The molecule has 1 saturated heterocycles. The van der Waals surface area contributed by atoms with Crippen molar-refractivity contribution in [2.24, 2.45) is 0 Å². The zero-order chi connectivity index (χ0) is 18.9. The first-order valence-electron chi connectivity index (χ1n) is 9.33. The summed E-state index contributed by atoms with van der Waals surface area (Å²) in [7, 11) is 0. The number of benzene rings is 2. The minimum Gasteiger partial charge on any atom is -0.491 e. The summed E-state index contributed by atoms with van der Waals surface area (Å²) in [4.78, 5) is 0. The van der Waals surface area contributed by atoms with Crippen LogP contribution in [0.25, 0.3) is 5.57 Å². The van der Waals surface area contributed by atoms with Crippen LogP contribution < -0.4 is 10.1 Å². The van der Waals surface area contributed by atoms with Gasteiger partial charge in [-0.25, -0.2) is 8.78 Å². The third-order valence-corrected chi connectivity index (χ3v) is 4.53. The summed E-state index contributed by atoms with van der Waals surface area (Å²) in [6, 6.07) is 14.6. The second-order valence-electron chi connectivity index (χ2n) is 6.41. The van der Waals surface area contributed by atoms with Crippen LogP contribution in [0.1, 0.15) is 24.0 Å². The molecule has 0 aromatic heterocycles. The summed E-state index contributed by atoms with van der Waals surface area (Å²) in [6.45, 7) is 2.23. The highest BCUT2D eigenvalue weighted by Gasteiger charge is 2.15. The molecule has 0 unspecified atom stereocenters. The van der Waals surface area contributed by atoms with Crippen molar-refractivity contribution in [1.82, 2.24) is 5.32 Å². The van der Waals surface area contributed by atoms with E-state index in [0.717, 1.165) is 48.4 Å². The molecule has 0 radical (unpaired) electrons. The Morgan fingerprint density at radius 3 is 2.44 bits per heavy atom. The van der Waals surface area contributed by atoms with Crippen LogP contribution in [0.2, 0.25) is 0 Å². The summed E-state index contributed by atoms with van der Waals surface area (Å²) in [5.74, 6) is 0.504. The molecule has 2 aromatic rings. The molecule has 27 heavy (non-hydrogen) atoms. The van der Waals surface area contributed by atoms with Crippen molar-refractivity contribution in [3.8, 4) is 5.75 Å². The molecule has 0 spiro atoms. The van der Waals surface area contributed by atoms with Crippen molar-refractivity contribution in [2.75, 3.05) is 39.6 Å². The molecule has 0 atom stereocenters. The molecule has 1 aliphatic rings. The van der Waals surface area contributed by atoms with Crippen molar-refractivity contribution in [3.63, 3.8) is 0 Å². The van der Waals surface area contributed by atoms with Gasteiger partial charge in [-0.2, -0.15) is 0 Å². The van der Waals surface area contributed by atoms with Crippen LogP contribution >= 0.6 is 0 Å². The van der Waals surface area contributed by atoms with Gasteiger partial charge in [0, 0.05) is 0 Å². The molecule has 0 bridgehead atoms. The first kappa shape index (κ1) is 19.5. The largest absolute Gasteiger partial charge is 0.491 e. The Morgan fingerprint density at radius 2 is 1.70 bits per heavy atom. The minimum absolute atomic E-state index is 0.0955. The van der Waals surface area contributed by atoms with Crippen LogP contribution in [0.3, 0.4) is 0 Å². The second-order valence-corrected chi connectivity index (χ2v) is 6.41. The Kier molecular flexibility index (Phi) is 7.36. The smallest absolute Gasteiger partial charge is 0.123 e. The summed E-state index contributed by atoms with van der Waals surface area (Å²) in [6.07, 6.45) is 1.93. The van der Waals surface area contributed by atoms with E-state index < -0.39 is 6.67 Å².